The first-order valence-electron chi connectivity index (χ1n) is 7.18. The molecule has 0 aromatic heterocycles. The fourth-order valence-corrected chi connectivity index (χ4v) is 2.43. The summed E-state index contributed by atoms with van der Waals surface area (Å²) < 4.78 is 27.8. The number of rotatable bonds is 2. The second-order valence-electron chi connectivity index (χ2n) is 6.24. The molecule has 2 aromatic carbocycles. The van der Waals surface area contributed by atoms with E-state index in [2.05, 4.69) is 0 Å². The fourth-order valence-electron chi connectivity index (χ4n) is 2.43. The van der Waals surface area contributed by atoms with Gasteiger partial charge in [-0.3, -0.25) is 4.90 Å². The Morgan fingerprint density at radius 1 is 1.08 bits per heavy atom. The van der Waals surface area contributed by atoms with E-state index in [1.165, 1.54) is 41.3 Å². The molecule has 24 heavy (non-hydrogen) atoms. The van der Waals surface area contributed by atoms with Crippen LogP contribution in [0.4, 0.5) is 19.3 Å². The molecule has 2 aromatic rings. The number of hydrogen-bond donors (Lipinski definition) is 1. The van der Waals surface area contributed by atoms with Gasteiger partial charge in [-0.25, -0.2) is 13.6 Å². The van der Waals surface area contributed by atoms with E-state index >= 15 is 0 Å². The number of nitriles is 1. The lowest BCUT2D eigenvalue weighted by Gasteiger charge is -2.33. The molecule has 0 saturated carbocycles. The smallest absolute Gasteiger partial charge is 0.412 e. The number of carboxylic acid groups (broad SMARTS) is 1. The van der Waals surface area contributed by atoms with Crippen molar-refractivity contribution in [2.75, 3.05) is 4.90 Å². The molecule has 0 radical (unpaired) electrons. The zero-order valence-electron chi connectivity index (χ0n) is 13.5. The second-order valence-corrected chi connectivity index (χ2v) is 6.24. The maximum Gasteiger partial charge on any atom is 0.412 e. The van der Waals surface area contributed by atoms with Gasteiger partial charge in [-0.2, -0.15) is 5.26 Å². The van der Waals surface area contributed by atoms with Gasteiger partial charge in [0.2, 0.25) is 0 Å². The molecule has 124 valence electrons. The Morgan fingerprint density at radius 2 is 1.67 bits per heavy atom. The second kappa shape index (κ2) is 6.28. The van der Waals surface area contributed by atoms with Crippen LogP contribution in [0.2, 0.25) is 0 Å². The number of halogens is 2. The van der Waals surface area contributed by atoms with Crippen molar-refractivity contribution in [2.24, 2.45) is 0 Å². The Hall–Kier alpha value is -2.94. The van der Waals surface area contributed by atoms with Crippen LogP contribution in [-0.2, 0) is 0 Å². The van der Waals surface area contributed by atoms with Gasteiger partial charge in [-0.1, -0.05) is 12.1 Å². The lowest BCUT2D eigenvalue weighted by Crippen LogP contribution is -2.45. The summed E-state index contributed by atoms with van der Waals surface area (Å²) in [6.45, 7) is 5.26. The first-order chi connectivity index (χ1) is 11.2. The van der Waals surface area contributed by atoms with E-state index in [0.717, 1.165) is 0 Å². The van der Waals surface area contributed by atoms with Gasteiger partial charge in [0, 0.05) is 16.8 Å². The van der Waals surface area contributed by atoms with Crippen LogP contribution in [0, 0.1) is 23.0 Å². The molecule has 0 saturated heterocycles. The summed E-state index contributed by atoms with van der Waals surface area (Å²) in [6, 6.07) is 10.2. The molecule has 0 aliphatic carbocycles. The highest BCUT2D eigenvalue weighted by atomic mass is 19.2. The van der Waals surface area contributed by atoms with E-state index in [1.54, 1.807) is 26.8 Å². The van der Waals surface area contributed by atoms with Crippen LogP contribution in [0.5, 0.6) is 0 Å². The Morgan fingerprint density at radius 3 is 2.12 bits per heavy atom. The summed E-state index contributed by atoms with van der Waals surface area (Å²) in [6.07, 6.45) is -1.11. The van der Waals surface area contributed by atoms with Crippen molar-refractivity contribution in [3.05, 3.63) is 53.6 Å². The molecule has 0 fully saturated rings. The van der Waals surface area contributed by atoms with Gasteiger partial charge < -0.3 is 5.11 Å². The lowest BCUT2D eigenvalue weighted by atomic mass is 10.0. The quantitative estimate of drug-likeness (QED) is 0.861. The molecule has 0 bridgehead atoms. The molecular formula is C18H16F2N2O2. The molecule has 6 heteroatoms. The molecule has 1 amide bonds. The summed E-state index contributed by atoms with van der Waals surface area (Å²) in [4.78, 5) is 12.6. The predicted molar refractivity (Wildman–Crippen MR) is 86.8 cm³/mol. The highest BCUT2D eigenvalue weighted by Crippen LogP contribution is 2.30. The Kier molecular flexibility index (Phi) is 4.56. The van der Waals surface area contributed by atoms with Crippen LogP contribution < -0.4 is 4.90 Å². The summed E-state index contributed by atoms with van der Waals surface area (Å²) in [7, 11) is 0. The Balaban J connectivity index is 2.46. The van der Waals surface area contributed by atoms with Crippen molar-refractivity contribution in [1.82, 2.24) is 0 Å². The number of nitrogens with zero attached hydrogens (tertiary/aromatic N) is 2. The third kappa shape index (κ3) is 3.20. The molecule has 0 heterocycles. The van der Waals surface area contributed by atoms with Gasteiger partial charge in [0.15, 0.2) is 11.6 Å². The normalized spacial score (nSPS) is 11.0. The molecule has 1 N–H and O–H groups in total. The topological polar surface area (TPSA) is 64.3 Å². The molecule has 0 unspecified atom stereocenters. The van der Waals surface area contributed by atoms with Crippen molar-refractivity contribution >= 4 is 11.8 Å². The van der Waals surface area contributed by atoms with E-state index in [-0.39, 0.29) is 11.1 Å². The lowest BCUT2D eigenvalue weighted by molar-refractivity contribution is 0.195. The van der Waals surface area contributed by atoms with E-state index in [9.17, 15) is 18.7 Å². The summed E-state index contributed by atoms with van der Waals surface area (Å²) >= 11 is 0. The van der Waals surface area contributed by atoms with Gasteiger partial charge in [0.25, 0.3) is 0 Å². The minimum absolute atomic E-state index is 0.00989. The first-order valence-corrected chi connectivity index (χ1v) is 7.18. The predicted octanol–water partition coefficient (Wildman–Crippen LogP) is 4.79. The van der Waals surface area contributed by atoms with Crippen molar-refractivity contribution in [3.8, 4) is 17.2 Å². The fraction of sp³-hybridized carbons (Fsp3) is 0.222. The molecular weight excluding hydrogens is 314 g/mol. The molecule has 2 rings (SSSR count). The summed E-state index contributed by atoms with van der Waals surface area (Å²) in [5.74, 6) is -2.30. The number of amides is 1. The molecule has 0 aliphatic rings. The van der Waals surface area contributed by atoms with Gasteiger partial charge in [-0.15, -0.1) is 0 Å². The Labute approximate surface area is 138 Å². The van der Waals surface area contributed by atoms with Crippen LogP contribution in [-0.4, -0.2) is 16.7 Å². The monoisotopic (exact) mass is 330 g/mol. The minimum atomic E-state index is -1.19. The van der Waals surface area contributed by atoms with Crippen LogP contribution >= 0.6 is 0 Å². The van der Waals surface area contributed by atoms with Gasteiger partial charge in [-0.05, 0) is 50.6 Å². The average Bonchev–Trinajstić information content (AvgIpc) is 2.49. The molecule has 0 aliphatic heterocycles. The summed E-state index contributed by atoms with van der Waals surface area (Å²) in [5, 5.41) is 18.1. The van der Waals surface area contributed by atoms with Gasteiger partial charge in [0.05, 0.1) is 5.56 Å². The molecule has 0 spiro atoms. The van der Waals surface area contributed by atoms with Crippen molar-refractivity contribution in [2.45, 2.75) is 26.3 Å². The minimum Gasteiger partial charge on any atom is -0.465 e. The number of hydrogen-bond acceptors (Lipinski definition) is 2. The average molecular weight is 330 g/mol. The van der Waals surface area contributed by atoms with Gasteiger partial charge >= 0.3 is 6.09 Å². The third-order valence-corrected chi connectivity index (χ3v) is 3.50. The SMILES string of the molecule is CC(C)(C)N(C(=O)O)c1ccc(-c2ccc(C#N)c(F)c2F)cc1. The van der Waals surface area contributed by atoms with Crippen molar-refractivity contribution < 1.29 is 18.7 Å². The van der Waals surface area contributed by atoms with Crippen molar-refractivity contribution in [1.29, 1.82) is 5.26 Å². The highest BCUT2D eigenvalue weighted by molar-refractivity contribution is 5.88. The van der Waals surface area contributed by atoms with E-state index in [0.29, 0.717) is 11.3 Å². The zero-order chi connectivity index (χ0) is 18.1. The first kappa shape index (κ1) is 17.4. The zero-order valence-corrected chi connectivity index (χ0v) is 13.5. The van der Waals surface area contributed by atoms with Gasteiger partial charge in [0.1, 0.15) is 6.07 Å². The largest absolute Gasteiger partial charge is 0.465 e. The van der Waals surface area contributed by atoms with E-state index in [4.69, 9.17) is 5.26 Å². The molecule has 0 atom stereocenters. The highest BCUT2D eigenvalue weighted by Gasteiger charge is 2.27. The Bertz CT molecular complexity index is 819. The maximum absolute atomic E-state index is 14.1. The van der Waals surface area contributed by atoms with Crippen LogP contribution in [0.3, 0.4) is 0 Å². The number of carbonyl (C=O) groups is 1. The van der Waals surface area contributed by atoms with Crippen LogP contribution in [0.1, 0.15) is 26.3 Å². The third-order valence-electron chi connectivity index (χ3n) is 3.50. The summed E-state index contributed by atoms with van der Waals surface area (Å²) in [5.41, 5.74) is -0.195. The maximum atomic E-state index is 14.1. The van der Waals surface area contributed by atoms with E-state index in [1.807, 2.05) is 0 Å². The van der Waals surface area contributed by atoms with E-state index < -0.39 is 23.3 Å². The number of anilines is 1. The van der Waals surface area contributed by atoms with Crippen LogP contribution in [0.25, 0.3) is 11.1 Å². The van der Waals surface area contributed by atoms with Crippen LogP contribution in [0.15, 0.2) is 36.4 Å². The number of benzene rings is 2. The molecule has 4 nitrogen and oxygen atoms in total. The standard InChI is InChI=1S/C18H16F2N2O2/c1-18(2,3)22(17(23)24)13-7-4-11(5-8-13)14-9-6-12(10-21)15(19)16(14)20/h4-9H,1-3H3,(H,23,24). The van der Waals surface area contributed by atoms with Crippen molar-refractivity contribution in [3.63, 3.8) is 0 Å².